The van der Waals surface area contributed by atoms with Crippen LogP contribution >= 0.6 is 0 Å². The topological polar surface area (TPSA) is 70.1 Å². The summed E-state index contributed by atoms with van der Waals surface area (Å²) in [7, 11) is 0. The highest BCUT2D eigenvalue weighted by Crippen LogP contribution is 2.39. The van der Waals surface area contributed by atoms with Crippen LogP contribution in [0, 0.1) is 12.7 Å². The second kappa shape index (κ2) is 11.1. The number of carbonyl (C=O) groups excluding carboxylic acids is 2. The minimum Gasteiger partial charge on any atom is -0.507 e. The Morgan fingerprint density at radius 2 is 1.85 bits per heavy atom. The molecule has 180 valence electrons. The minimum absolute atomic E-state index is 0.00434. The van der Waals surface area contributed by atoms with E-state index in [1.807, 2.05) is 20.8 Å². The zero-order valence-electron chi connectivity index (χ0n) is 19.9. The summed E-state index contributed by atoms with van der Waals surface area (Å²) >= 11 is 0. The lowest BCUT2D eigenvalue weighted by molar-refractivity contribution is -0.140. The molecular weight excluding hydrogens is 435 g/mol. The van der Waals surface area contributed by atoms with Crippen LogP contribution in [0.3, 0.4) is 0 Å². The van der Waals surface area contributed by atoms with Crippen molar-refractivity contribution in [2.24, 2.45) is 0 Å². The first-order valence-electron chi connectivity index (χ1n) is 11.4. The molecule has 7 heteroatoms. The van der Waals surface area contributed by atoms with Gasteiger partial charge in [-0.05, 0) is 61.5 Å². The number of aryl methyl sites for hydroxylation is 1. The van der Waals surface area contributed by atoms with Gasteiger partial charge >= 0.3 is 0 Å². The van der Waals surface area contributed by atoms with Crippen LogP contribution < -0.4 is 4.74 Å². The Morgan fingerprint density at radius 3 is 2.44 bits per heavy atom. The number of benzene rings is 2. The minimum atomic E-state index is -0.812. The molecule has 0 aromatic heterocycles. The van der Waals surface area contributed by atoms with E-state index in [1.165, 1.54) is 17.0 Å². The van der Waals surface area contributed by atoms with Crippen molar-refractivity contribution in [3.05, 3.63) is 83.2 Å². The second-order valence-corrected chi connectivity index (χ2v) is 8.15. The summed E-state index contributed by atoms with van der Waals surface area (Å²) in [5.41, 5.74) is 1.72. The first-order valence-corrected chi connectivity index (χ1v) is 11.4. The number of halogens is 1. The summed E-state index contributed by atoms with van der Waals surface area (Å²) in [6.45, 7) is 12.4. The third-order valence-corrected chi connectivity index (χ3v) is 6.08. The molecule has 6 nitrogen and oxygen atoms in total. The van der Waals surface area contributed by atoms with Gasteiger partial charge in [0.25, 0.3) is 11.7 Å². The van der Waals surface area contributed by atoms with E-state index in [-0.39, 0.29) is 11.3 Å². The predicted octanol–water partition coefficient (Wildman–Crippen LogP) is 4.46. The van der Waals surface area contributed by atoms with Crippen LogP contribution in [0.4, 0.5) is 4.39 Å². The Hall–Kier alpha value is -3.45. The van der Waals surface area contributed by atoms with Crippen LogP contribution in [0.1, 0.15) is 36.6 Å². The van der Waals surface area contributed by atoms with E-state index in [0.717, 1.165) is 18.7 Å². The average molecular weight is 467 g/mol. The predicted molar refractivity (Wildman–Crippen MR) is 130 cm³/mol. The molecule has 1 atom stereocenters. The standard InChI is InChI=1S/C27H31FN2O4/c1-5-16-34-22-13-10-20(17-18(22)4)25(31)23-24(19-8-11-21(28)12-9-19)30(27(33)26(23)32)15-14-29(6-2)7-3/h5,8-13,17,24,31H,1,6-7,14-16H2,2-4H3/t24-/m1/s1. The summed E-state index contributed by atoms with van der Waals surface area (Å²) in [6, 6.07) is 9.91. The molecule has 1 aliphatic heterocycles. The highest BCUT2D eigenvalue weighted by Gasteiger charge is 2.46. The molecule has 34 heavy (non-hydrogen) atoms. The molecule has 1 aliphatic rings. The summed E-state index contributed by atoms with van der Waals surface area (Å²) in [4.78, 5) is 29.8. The number of aliphatic hydroxyl groups is 1. The molecule has 0 radical (unpaired) electrons. The number of aliphatic hydroxyl groups excluding tert-OH is 1. The zero-order valence-corrected chi connectivity index (χ0v) is 19.9. The van der Waals surface area contributed by atoms with Gasteiger partial charge in [-0.15, -0.1) is 0 Å². The van der Waals surface area contributed by atoms with Gasteiger partial charge in [0.2, 0.25) is 0 Å². The van der Waals surface area contributed by atoms with Crippen molar-refractivity contribution in [2.45, 2.75) is 26.8 Å². The average Bonchev–Trinajstić information content (AvgIpc) is 3.09. The number of hydrogen-bond donors (Lipinski definition) is 1. The highest BCUT2D eigenvalue weighted by atomic mass is 19.1. The number of amides is 1. The van der Waals surface area contributed by atoms with Gasteiger partial charge in [-0.2, -0.15) is 0 Å². The van der Waals surface area contributed by atoms with Crippen molar-refractivity contribution in [1.82, 2.24) is 9.80 Å². The Morgan fingerprint density at radius 1 is 1.18 bits per heavy atom. The third-order valence-electron chi connectivity index (χ3n) is 6.08. The molecule has 1 fully saturated rings. The van der Waals surface area contributed by atoms with Gasteiger partial charge in [0.1, 0.15) is 23.9 Å². The van der Waals surface area contributed by atoms with Crippen molar-refractivity contribution < 1.29 is 23.8 Å². The quantitative estimate of drug-likeness (QED) is 0.242. The van der Waals surface area contributed by atoms with Crippen LogP contribution in [0.5, 0.6) is 5.75 Å². The maximum absolute atomic E-state index is 13.6. The highest BCUT2D eigenvalue weighted by molar-refractivity contribution is 6.46. The van der Waals surface area contributed by atoms with Crippen molar-refractivity contribution >= 4 is 17.4 Å². The Balaban J connectivity index is 2.07. The number of nitrogens with zero attached hydrogens (tertiary/aromatic N) is 2. The number of hydrogen-bond acceptors (Lipinski definition) is 5. The molecule has 0 unspecified atom stereocenters. The number of likely N-dealkylation sites (tertiary alicyclic amines) is 1. The van der Waals surface area contributed by atoms with Gasteiger partial charge in [-0.25, -0.2) is 4.39 Å². The number of likely N-dealkylation sites (N-methyl/N-ethyl adjacent to an activating group) is 1. The summed E-state index contributed by atoms with van der Waals surface area (Å²) < 4.78 is 19.2. The van der Waals surface area contributed by atoms with Gasteiger partial charge in [0.05, 0.1) is 11.6 Å². The fraction of sp³-hybridized carbons (Fsp3) is 0.333. The monoisotopic (exact) mass is 466 g/mol. The second-order valence-electron chi connectivity index (χ2n) is 8.15. The zero-order chi connectivity index (χ0) is 24.8. The first-order chi connectivity index (χ1) is 16.3. The van der Waals surface area contributed by atoms with E-state index in [0.29, 0.717) is 36.6 Å². The molecule has 2 aromatic rings. The molecule has 1 saturated heterocycles. The van der Waals surface area contributed by atoms with Gasteiger partial charge in [0.15, 0.2) is 0 Å². The van der Waals surface area contributed by atoms with Crippen LogP contribution in [0.2, 0.25) is 0 Å². The Kier molecular flexibility index (Phi) is 8.23. The molecule has 1 N–H and O–H groups in total. The largest absolute Gasteiger partial charge is 0.507 e. The number of ether oxygens (including phenoxy) is 1. The first kappa shape index (κ1) is 25.2. The summed E-state index contributed by atoms with van der Waals surface area (Å²) in [5, 5.41) is 11.2. The molecule has 3 rings (SSSR count). The van der Waals surface area contributed by atoms with Gasteiger partial charge in [0, 0.05) is 18.7 Å². The van der Waals surface area contributed by atoms with E-state index in [1.54, 1.807) is 36.4 Å². The molecule has 1 amide bonds. The number of carbonyl (C=O) groups is 2. The lowest BCUT2D eigenvalue weighted by atomic mass is 9.94. The Labute approximate surface area is 199 Å². The number of Topliss-reactive ketones (excluding diaryl/α,β-unsaturated/α-hetero) is 1. The summed E-state index contributed by atoms with van der Waals surface area (Å²) in [5.74, 6) is -1.49. The SMILES string of the molecule is C=CCOc1ccc(C(O)=C2C(=O)C(=O)N(CCN(CC)CC)[C@@H]2c2ccc(F)cc2)cc1C. The van der Waals surface area contributed by atoms with Gasteiger partial charge < -0.3 is 19.6 Å². The van der Waals surface area contributed by atoms with Crippen molar-refractivity contribution in [1.29, 1.82) is 0 Å². The van der Waals surface area contributed by atoms with Crippen LogP contribution in [0.15, 0.2) is 60.7 Å². The van der Waals surface area contributed by atoms with E-state index in [4.69, 9.17) is 4.74 Å². The molecule has 0 spiro atoms. The van der Waals surface area contributed by atoms with E-state index >= 15 is 0 Å². The number of rotatable bonds is 10. The molecular formula is C27H31FN2O4. The van der Waals surface area contributed by atoms with Crippen LogP contribution in [-0.2, 0) is 9.59 Å². The maximum atomic E-state index is 13.6. The fourth-order valence-electron chi connectivity index (χ4n) is 4.15. The lowest BCUT2D eigenvalue weighted by Gasteiger charge is -2.28. The molecule has 2 aromatic carbocycles. The molecule has 0 saturated carbocycles. The smallest absolute Gasteiger partial charge is 0.295 e. The van der Waals surface area contributed by atoms with Crippen LogP contribution in [0.25, 0.3) is 5.76 Å². The summed E-state index contributed by atoms with van der Waals surface area (Å²) in [6.07, 6.45) is 1.63. The van der Waals surface area contributed by atoms with Crippen molar-refractivity contribution in [3.8, 4) is 5.75 Å². The molecule has 1 heterocycles. The van der Waals surface area contributed by atoms with E-state index in [9.17, 15) is 19.1 Å². The van der Waals surface area contributed by atoms with Crippen LogP contribution in [-0.4, -0.2) is 59.4 Å². The van der Waals surface area contributed by atoms with E-state index in [2.05, 4.69) is 11.5 Å². The lowest BCUT2D eigenvalue weighted by Crippen LogP contribution is -2.38. The third kappa shape index (κ3) is 5.20. The normalized spacial score (nSPS) is 17.4. The Bertz CT molecular complexity index is 1090. The molecule has 0 bridgehead atoms. The fourth-order valence-corrected chi connectivity index (χ4v) is 4.15. The van der Waals surface area contributed by atoms with Crippen molar-refractivity contribution in [2.75, 3.05) is 32.8 Å². The van der Waals surface area contributed by atoms with E-state index < -0.39 is 23.5 Å². The number of ketones is 1. The van der Waals surface area contributed by atoms with Gasteiger partial charge in [-0.3, -0.25) is 9.59 Å². The van der Waals surface area contributed by atoms with Gasteiger partial charge in [-0.1, -0.05) is 38.6 Å². The molecule has 0 aliphatic carbocycles. The van der Waals surface area contributed by atoms with Crippen molar-refractivity contribution in [3.63, 3.8) is 0 Å². The maximum Gasteiger partial charge on any atom is 0.295 e.